The van der Waals surface area contributed by atoms with Crippen molar-refractivity contribution in [1.29, 1.82) is 0 Å². The van der Waals surface area contributed by atoms with Crippen LogP contribution in [-0.4, -0.2) is 49.0 Å². The van der Waals surface area contributed by atoms with Crippen LogP contribution in [0.25, 0.3) is 0 Å². The third kappa shape index (κ3) is 5.94. The SMILES string of the molecule is CCC(=NOCCCCC1COC(C)(C(=O)O)OC1C)c1ccc(OC)cc1. The topological polar surface area (TPSA) is 86.6 Å². The molecule has 1 aliphatic heterocycles. The summed E-state index contributed by atoms with van der Waals surface area (Å²) in [4.78, 5) is 16.7. The first-order valence-corrected chi connectivity index (χ1v) is 9.78. The van der Waals surface area contributed by atoms with Crippen molar-refractivity contribution in [3.8, 4) is 5.75 Å². The molecule has 1 N–H and O–H groups in total. The quantitative estimate of drug-likeness (QED) is 0.369. The molecule has 0 spiro atoms. The molecule has 1 aromatic rings. The van der Waals surface area contributed by atoms with Gasteiger partial charge in [0.05, 0.1) is 25.5 Å². The standard InChI is InChI=1S/C21H31NO6/c1-5-19(16-9-11-18(25-4)12-10-16)22-27-13-7-6-8-17-14-26-21(3,20(23)24)28-15(17)2/h9-12,15,17H,5-8,13-14H2,1-4H3,(H,23,24). The van der Waals surface area contributed by atoms with Gasteiger partial charge in [-0.05, 0) is 62.4 Å². The molecule has 0 saturated carbocycles. The zero-order valence-corrected chi connectivity index (χ0v) is 17.1. The fourth-order valence-electron chi connectivity index (χ4n) is 3.12. The van der Waals surface area contributed by atoms with Gasteiger partial charge in [0.1, 0.15) is 12.4 Å². The van der Waals surface area contributed by atoms with E-state index in [4.69, 9.17) is 24.2 Å². The predicted octanol–water partition coefficient (Wildman–Crippen LogP) is 3.85. The predicted molar refractivity (Wildman–Crippen MR) is 106 cm³/mol. The van der Waals surface area contributed by atoms with E-state index in [0.717, 1.165) is 42.7 Å². The Kier molecular flexibility index (Phi) is 8.26. The summed E-state index contributed by atoms with van der Waals surface area (Å²) in [6.45, 7) is 6.32. The highest BCUT2D eigenvalue weighted by molar-refractivity contribution is 6.00. The Hall–Kier alpha value is -2.12. The minimum Gasteiger partial charge on any atom is -0.497 e. The van der Waals surface area contributed by atoms with Gasteiger partial charge in [0.2, 0.25) is 0 Å². The summed E-state index contributed by atoms with van der Waals surface area (Å²) in [6.07, 6.45) is 3.31. The number of methoxy groups -OCH3 is 1. The number of hydrogen-bond acceptors (Lipinski definition) is 6. The fourth-order valence-corrected chi connectivity index (χ4v) is 3.12. The molecule has 0 aliphatic carbocycles. The van der Waals surface area contributed by atoms with E-state index in [-0.39, 0.29) is 12.0 Å². The normalized spacial score (nSPS) is 25.4. The van der Waals surface area contributed by atoms with E-state index in [1.54, 1.807) is 7.11 Å². The summed E-state index contributed by atoms with van der Waals surface area (Å²) in [7, 11) is 1.64. The number of benzene rings is 1. The highest BCUT2D eigenvalue weighted by Gasteiger charge is 2.43. The molecule has 1 heterocycles. The minimum atomic E-state index is -1.54. The van der Waals surface area contributed by atoms with Crippen LogP contribution in [0.3, 0.4) is 0 Å². The van der Waals surface area contributed by atoms with Crippen LogP contribution in [0, 0.1) is 5.92 Å². The molecule has 0 radical (unpaired) electrons. The van der Waals surface area contributed by atoms with Gasteiger partial charge < -0.3 is 24.2 Å². The number of aliphatic carboxylic acids is 1. The molecule has 1 saturated heterocycles. The van der Waals surface area contributed by atoms with Crippen molar-refractivity contribution in [1.82, 2.24) is 0 Å². The lowest BCUT2D eigenvalue weighted by Crippen LogP contribution is -2.51. The van der Waals surface area contributed by atoms with E-state index in [1.165, 1.54) is 6.92 Å². The number of oxime groups is 1. The van der Waals surface area contributed by atoms with E-state index in [0.29, 0.717) is 13.2 Å². The summed E-state index contributed by atoms with van der Waals surface area (Å²) in [5, 5.41) is 13.4. The maximum absolute atomic E-state index is 11.2. The number of unbranched alkanes of at least 4 members (excludes halogenated alkanes) is 1. The highest BCUT2D eigenvalue weighted by Crippen LogP contribution is 2.29. The van der Waals surface area contributed by atoms with Crippen LogP contribution in [0.1, 0.15) is 52.0 Å². The molecular formula is C21H31NO6. The first-order valence-electron chi connectivity index (χ1n) is 9.78. The number of ether oxygens (including phenoxy) is 3. The Labute approximate surface area is 166 Å². The van der Waals surface area contributed by atoms with Crippen molar-refractivity contribution in [2.75, 3.05) is 20.3 Å². The fraction of sp³-hybridized carbons (Fsp3) is 0.619. The molecule has 0 amide bonds. The van der Waals surface area contributed by atoms with Gasteiger partial charge in [-0.15, -0.1) is 0 Å². The van der Waals surface area contributed by atoms with Gasteiger partial charge in [-0.2, -0.15) is 0 Å². The molecule has 1 aliphatic rings. The number of carboxylic acids is 1. The Morgan fingerprint density at radius 1 is 1.32 bits per heavy atom. The molecule has 156 valence electrons. The van der Waals surface area contributed by atoms with E-state index in [2.05, 4.69) is 5.16 Å². The van der Waals surface area contributed by atoms with Crippen molar-refractivity contribution < 1.29 is 28.9 Å². The molecule has 1 aromatic carbocycles. The van der Waals surface area contributed by atoms with Crippen LogP contribution in [-0.2, 0) is 19.1 Å². The second kappa shape index (κ2) is 10.4. The van der Waals surface area contributed by atoms with Crippen molar-refractivity contribution in [3.63, 3.8) is 0 Å². The average Bonchev–Trinajstić information content (AvgIpc) is 2.69. The second-order valence-electron chi connectivity index (χ2n) is 7.09. The molecule has 7 nitrogen and oxygen atoms in total. The van der Waals surface area contributed by atoms with E-state index >= 15 is 0 Å². The minimum absolute atomic E-state index is 0.157. The van der Waals surface area contributed by atoms with Crippen LogP contribution in [0.2, 0.25) is 0 Å². The second-order valence-corrected chi connectivity index (χ2v) is 7.09. The first kappa shape index (κ1) is 22.2. The third-order valence-electron chi connectivity index (χ3n) is 5.03. The van der Waals surface area contributed by atoms with E-state index in [1.807, 2.05) is 38.1 Å². The van der Waals surface area contributed by atoms with Crippen molar-refractivity contribution in [3.05, 3.63) is 29.8 Å². The number of hydrogen-bond donors (Lipinski definition) is 1. The first-order chi connectivity index (χ1) is 13.4. The molecule has 3 atom stereocenters. The van der Waals surface area contributed by atoms with E-state index in [9.17, 15) is 4.79 Å². The zero-order valence-electron chi connectivity index (χ0n) is 17.1. The largest absolute Gasteiger partial charge is 0.497 e. The van der Waals surface area contributed by atoms with Crippen LogP contribution in [0.15, 0.2) is 29.4 Å². The number of carboxylic acid groups (broad SMARTS) is 1. The number of nitrogens with zero attached hydrogens (tertiary/aromatic N) is 1. The van der Waals surface area contributed by atoms with Crippen LogP contribution < -0.4 is 4.74 Å². The molecule has 7 heteroatoms. The third-order valence-corrected chi connectivity index (χ3v) is 5.03. The van der Waals surface area contributed by atoms with Gasteiger partial charge in [0.15, 0.2) is 0 Å². The van der Waals surface area contributed by atoms with Crippen molar-refractivity contribution >= 4 is 11.7 Å². The molecule has 2 rings (SSSR count). The van der Waals surface area contributed by atoms with Crippen LogP contribution >= 0.6 is 0 Å². The Balaban J connectivity index is 1.70. The Bertz CT molecular complexity index is 659. The lowest BCUT2D eigenvalue weighted by Gasteiger charge is -2.39. The Morgan fingerprint density at radius 3 is 2.61 bits per heavy atom. The van der Waals surface area contributed by atoms with Gasteiger partial charge in [-0.3, -0.25) is 0 Å². The van der Waals surface area contributed by atoms with Gasteiger partial charge >= 0.3 is 5.97 Å². The average molecular weight is 393 g/mol. The maximum atomic E-state index is 11.2. The smallest absolute Gasteiger partial charge is 0.364 e. The molecule has 0 aromatic heterocycles. The van der Waals surface area contributed by atoms with Crippen molar-refractivity contribution in [2.45, 2.75) is 58.3 Å². The summed E-state index contributed by atoms with van der Waals surface area (Å²) in [6, 6.07) is 7.76. The maximum Gasteiger partial charge on any atom is 0.364 e. The highest BCUT2D eigenvalue weighted by atomic mass is 16.7. The molecule has 28 heavy (non-hydrogen) atoms. The molecule has 3 unspecified atom stereocenters. The van der Waals surface area contributed by atoms with Gasteiger partial charge in [0.25, 0.3) is 5.79 Å². The van der Waals surface area contributed by atoms with Gasteiger partial charge in [0, 0.05) is 12.8 Å². The lowest BCUT2D eigenvalue weighted by molar-refractivity contribution is -0.292. The van der Waals surface area contributed by atoms with Crippen LogP contribution in [0.5, 0.6) is 5.75 Å². The summed E-state index contributed by atoms with van der Waals surface area (Å²) in [5.41, 5.74) is 1.92. The van der Waals surface area contributed by atoms with Gasteiger partial charge in [-0.1, -0.05) is 12.1 Å². The lowest BCUT2D eigenvalue weighted by atomic mass is 9.96. The summed E-state index contributed by atoms with van der Waals surface area (Å²) < 4.78 is 16.1. The van der Waals surface area contributed by atoms with Gasteiger partial charge in [-0.25, -0.2) is 4.79 Å². The summed E-state index contributed by atoms with van der Waals surface area (Å²) in [5.74, 6) is -1.63. The van der Waals surface area contributed by atoms with Crippen molar-refractivity contribution in [2.24, 2.45) is 11.1 Å². The number of rotatable bonds is 10. The zero-order chi connectivity index (χ0) is 20.6. The monoisotopic (exact) mass is 393 g/mol. The summed E-state index contributed by atoms with van der Waals surface area (Å²) >= 11 is 0. The van der Waals surface area contributed by atoms with Crippen LogP contribution in [0.4, 0.5) is 0 Å². The molecule has 0 bridgehead atoms. The molecule has 1 fully saturated rings. The molecular weight excluding hydrogens is 362 g/mol. The van der Waals surface area contributed by atoms with E-state index < -0.39 is 11.8 Å². The number of carbonyl (C=O) groups is 1. The Morgan fingerprint density at radius 2 is 2.04 bits per heavy atom.